The zero-order chi connectivity index (χ0) is 15.8. The van der Waals surface area contributed by atoms with Crippen LogP contribution in [-0.4, -0.2) is 16.9 Å². The molecule has 0 aliphatic carbocycles. The number of hydrogen-bond acceptors (Lipinski definition) is 4. The van der Waals surface area contributed by atoms with Gasteiger partial charge in [0.05, 0.1) is 11.5 Å². The van der Waals surface area contributed by atoms with E-state index >= 15 is 0 Å². The monoisotopic (exact) mass is 299 g/mol. The average Bonchev–Trinajstić information content (AvgIpc) is 2.74. The highest BCUT2D eigenvalue weighted by Crippen LogP contribution is 2.37. The molecule has 1 heterocycles. The highest BCUT2D eigenvalue weighted by Gasteiger charge is 2.37. The van der Waals surface area contributed by atoms with Gasteiger partial charge < -0.3 is 9.94 Å². The fourth-order valence-electron chi connectivity index (χ4n) is 2.30. The molecule has 0 saturated heterocycles. The minimum Gasteiger partial charge on any atom is -0.443 e. The fourth-order valence-corrected chi connectivity index (χ4v) is 2.30. The van der Waals surface area contributed by atoms with Crippen LogP contribution in [0.3, 0.4) is 0 Å². The van der Waals surface area contributed by atoms with Gasteiger partial charge in [-0.05, 0) is 31.5 Å². The van der Waals surface area contributed by atoms with Gasteiger partial charge in [0.1, 0.15) is 5.76 Å². The Balaban J connectivity index is 2.46. The summed E-state index contributed by atoms with van der Waals surface area (Å²) in [5.41, 5.74) is -0.141. The smallest absolute Gasteiger partial charge is 0.416 e. The molecular formula is C14H12F3NO3. The number of allylic oxidation sites excluding steroid dienone is 1. The molecule has 1 aromatic rings. The second-order valence-electron chi connectivity index (χ2n) is 4.62. The van der Waals surface area contributed by atoms with Crippen molar-refractivity contribution < 1.29 is 27.9 Å². The first-order valence-corrected chi connectivity index (χ1v) is 6.04. The third-order valence-corrected chi connectivity index (χ3v) is 3.22. The second-order valence-corrected chi connectivity index (χ2v) is 4.62. The van der Waals surface area contributed by atoms with Crippen molar-refractivity contribution in [2.45, 2.75) is 25.9 Å². The van der Waals surface area contributed by atoms with Crippen LogP contribution in [0.2, 0.25) is 0 Å². The van der Waals surface area contributed by atoms with Gasteiger partial charge in [-0.25, -0.2) is 0 Å². The summed E-state index contributed by atoms with van der Waals surface area (Å²) in [5, 5.41) is 11.9. The molecular weight excluding hydrogens is 287 g/mol. The lowest BCUT2D eigenvalue weighted by Crippen LogP contribution is -2.14. The van der Waals surface area contributed by atoms with Crippen molar-refractivity contribution in [2.75, 3.05) is 0 Å². The van der Waals surface area contributed by atoms with E-state index in [-0.39, 0.29) is 23.0 Å². The Morgan fingerprint density at radius 1 is 1.29 bits per heavy atom. The Hall–Kier alpha value is -2.31. The number of ketones is 1. The van der Waals surface area contributed by atoms with Crippen LogP contribution < -0.4 is 0 Å². The van der Waals surface area contributed by atoms with Gasteiger partial charge in [-0.2, -0.15) is 13.2 Å². The van der Waals surface area contributed by atoms with Gasteiger partial charge in [0.25, 0.3) is 0 Å². The average molecular weight is 299 g/mol. The van der Waals surface area contributed by atoms with Crippen molar-refractivity contribution in [3.63, 3.8) is 0 Å². The Labute approximate surface area is 118 Å². The number of alkyl halides is 3. The maximum atomic E-state index is 12.6. The van der Waals surface area contributed by atoms with E-state index in [1.165, 1.54) is 26.0 Å². The molecule has 1 N–H and O–H groups in total. The third-order valence-electron chi connectivity index (χ3n) is 3.22. The van der Waals surface area contributed by atoms with Crippen LogP contribution in [0.15, 0.2) is 40.8 Å². The Morgan fingerprint density at radius 2 is 1.86 bits per heavy atom. The Kier molecular flexibility index (Phi) is 3.76. The first-order chi connectivity index (χ1) is 9.75. The molecule has 0 spiro atoms. The van der Waals surface area contributed by atoms with Crippen LogP contribution in [0.25, 0.3) is 0 Å². The van der Waals surface area contributed by atoms with Gasteiger partial charge in [-0.15, -0.1) is 0 Å². The Morgan fingerprint density at radius 3 is 2.29 bits per heavy atom. The summed E-state index contributed by atoms with van der Waals surface area (Å²) < 4.78 is 42.8. The molecule has 21 heavy (non-hydrogen) atoms. The van der Waals surface area contributed by atoms with Gasteiger partial charge in [0, 0.05) is 5.57 Å². The van der Waals surface area contributed by atoms with Gasteiger partial charge in [0.2, 0.25) is 5.90 Å². The van der Waals surface area contributed by atoms with Crippen molar-refractivity contribution >= 4 is 11.7 Å². The molecule has 0 bridgehead atoms. The summed E-state index contributed by atoms with van der Waals surface area (Å²) in [6.45, 7) is 2.85. The van der Waals surface area contributed by atoms with Gasteiger partial charge >= 0.3 is 6.18 Å². The molecule has 1 aromatic carbocycles. The van der Waals surface area contributed by atoms with E-state index in [1.54, 1.807) is 0 Å². The largest absolute Gasteiger partial charge is 0.443 e. The van der Waals surface area contributed by atoms with Crippen LogP contribution in [-0.2, 0) is 15.7 Å². The molecule has 0 aromatic heterocycles. The van der Waals surface area contributed by atoms with Crippen molar-refractivity contribution in [3.8, 4) is 0 Å². The SMILES string of the molecule is CC(=O)C1=C(C)O/C(=N/O)C1c1ccc(C(F)(F)F)cc1. The molecule has 1 aliphatic rings. The Bertz CT molecular complexity index is 630. The highest BCUT2D eigenvalue weighted by molar-refractivity contribution is 6.06. The number of rotatable bonds is 2. The molecule has 0 radical (unpaired) electrons. The number of halogens is 3. The lowest BCUT2D eigenvalue weighted by atomic mass is 9.89. The van der Waals surface area contributed by atoms with Crippen molar-refractivity contribution in [2.24, 2.45) is 5.16 Å². The number of Topliss-reactive ketones (excluding diaryl/α,β-unsaturated/α-hetero) is 1. The maximum absolute atomic E-state index is 12.6. The number of nitrogens with zero attached hydrogens (tertiary/aromatic N) is 1. The van der Waals surface area contributed by atoms with Crippen LogP contribution in [0.1, 0.15) is 30.9 Å². The molecule has 7 heteroatoms. The third kappa shape index (κ3) is 2.76. The predicted octanol–water partition coefficient (Wildman–Crippen LogP) is 3.47. The van der Waals surface area contributed by atoms with E-state index in [0.717, 1.165) is 12.1 Å². The first-order valence-electron chi connectivity index (χ1n) is 6.04. The number of hydrogen-bond donors (Lipinski definition) is 1. The first kappa shape index (κ1) is 15.1. The van der Waals surface area contributed by atoms with Crippen LogP contribution in [0, 0.1) is 0 Å². The molecule has 4 nitrogen and oxygen atoms in total. The zero-order valence-corrected chi connectivity index (χ0v) is 11.2. The summed E-state index contributed by atoms with van der Waals surface area (Å²) in [6.07, 6.45) is -4.44. The molecule has 1 aliphatic heterocycles. The minimum atomic E-state index is -4.44. The molecule has 1 atom stereocenters. The van der Waals surface area contributed by atoms with E-state index in [9.17, 15) is 18.0 Å². The summed E-state index contributed by atoms with van der Waals surface area (Å²) in [6, 6.07) is 4.30. The number of benzene rings is 1. The molecule has 112 valence electrons. The van der Waals surface area contributed by atoms with Crippen LogP contribution in [0.5, 0.6) is 0 Å². The van der Waals surface area contributed by atoms with Crippen molar-refractivity contribution in [1.29, 1.82) is 0 Å². The molecule has 2 rings (SSSR count). The summed E-state index contributed by atoms with van der Waals surface area (Å²) in [7, 11) is 0. The summed E-state index contributed by atoms with van der Waals surface area (Å²) >= 11 is 0. The van der Waals surface area contributed by atoms with E-state index in [2.05, 4.69) is 5.16 Å². The number of carbonyl (C=O) groups is 1. The lowest BCUT2D eigenvalue weighted by Gasteiger charge is -2.13. The van der Waals surface area contributed by atoms with Gasteiger partial charge in [0.15, 0.2) is 5.78 Å². The van der Waals surface area contributed by atoms with E-state index < -0.39 is 17.7 Å². The van der Waals surface area contributed by atoms with Crippen molar-refractivity contribution in [1.82, 2.24) is 0 Å². The number of carbonyl (C=O) groups excluding carboxylic acids is 1. The van der Waals surface area contributed by atoms with E-state index in [1.807, 2.05) is 0 Å². The second kappa shape index (κ2) is 5.23. The number of oxime groups is 1. The number of ether oxygens (including phenoxy) is 1. The molecule has 1 unspecified atom stereocenters. The van der Waals surface area contributed by atoms with E-state index in [0.29, 0.717) is 5.56 Å². The fraction of sp³-hybridized carbons (Fsp3) is 0.286. The van der Waals surface area contributed by atoms with Crippen LogP contribution >= 0.6 is 0 Å². The topological polar surface area (TPSA) is 58.9 Å². The van der Waals surface area contributed by atoms with Crippen LogP contribution in [0.4, 0.5) is 13.2 Å². The highest BCUT2D eigenvalue weighted by atomic mass is 19.4. The standard InChI is InChI=1S/C14H12F3NO3/c1-7(19)11-8(2)21-13(18-20)12(11)9-3-5-10(6-4-9)14(15,16)17/h3-6,12,20H,1-2H3/b18-13+. The quantitative estimate of drug-likeness (QED) is 0.672. The molecule has 0 amide bonds. The molecule has 0 saturated carbocycles. The molecule has 0 fully saturated rings. The summed E-state index contributed by atoms with van der Waals surface area (Å²) in [5.74, 6) is -0.941. The predicted molar refractivity (Wildman–Crippen MR) is 67.9 cm³/mol. The minimum absolute atomic E-state index is 0.127. The zero-order valence-electron chi connectivity index (χ0n) is 11.2. The maximum Gasteiger partial charge on any atom is 0.416 e. The van der Waals surface area contributed by atoms with Gasteiger partial charge in [-0.3, -0.25) is 4.79 Å². The lowest BCUT2D eigenvalue weighted by molar-refractivity contribution is -0.137. The van der Waals surface area contributed by atoms with Crippen molar-refractivity contribution in [3.05, 3.63) is 46.7 Å². The summed E-state index contributed by atoms with van der Waals surface area (Å²) in [4.78, 5) is 11.7. The normalized spacial score (nSPS) is 20.8. The van der Waals surface area contributed by atoms with E-state index in [4.69, 9.17) is 9.94 Å². The van der Waals surface area contributed by atoms with Gasteiger partial charge in [-0.1, -0.05) is 17.3 Å².